The second-order valence-electron chi connectivity index (χ2n) is 5.22. The van der Waals surface area contributed by atoms with Crippen LogP contribution in [0.15, 0.2) is 23.1 Å². The zero-order valence-electron chi connectivity index (χ0n) is 12.4. The summed E-state index contributed by atoms with van der Waals surface area (Å²) in [6, 6.07) is 4.32. The maximum Gasteiger partial charge on any atom is 0.253 e. The number of nitrogens with two attached hydrogens (primary N) is 1. The molecule has 1 unspecified atom stereocenters. The fourth-order valence-electron chi connectivity index (χ4n) is 1.94. The molecule has 0 bridgehead atoms. The highest BCUT2D eigenvalue weighted by molar-refractivity contribution is 7.89. The maximum absolute atomic E-state index is 12.3. The van der Waals surface area contributed by atoms with E-state index in [-0.39, 0.29) is 10.8 Å². The van der Waals surface area contributed by atoms with Crippen LogP contribution in [-0.4, -0.2) is 32.8 Å². The molecule has 5 nitrogen and oxygen atoms in total. The SMILES string of the molecule is CCC(C)CN(C)C(=O)c1ccc(S(N)(=O)=O)cc1C. The summed E-state index contributed by atoms with van der Waals surface area (Å²) < 4.78 is 22.5. The predicted molar refractivity (Wildman–Crippen MR) is 79.0 cm³/mol. The minimum Gasteiger partial charge on any atom is -0.341 e. The van der Waals surface area contributed by atoms with Crippen LogP contribution < -0.4 is 5.14 Å². The van der Waals surface area contributed by atoms with Crippen LogP contribution in [0.2, 0.25) is 0 Å². The van der Waals surface area contributed by atoms with Crippen LogP contribution in [0.4, 0.5) is 0 Å². The Morgan fingerprint density at radius 1 is 1.40 bits per heavy atom. The van der Waals surface area contributed by atoms with Crippen molar-refractivity contribution in [3.63, 3.8) is 0 Å². The summed E-state index contributed by atoms with van der Waals surface area (Å²) in [4.78, 5) is 14.0. The molecule has 0 aromatic heterocycles. The number of hydrogen-bond donors (Lipinski definition) is 1. The summed E-state index contributed by atoms with van der Waals surface area (Å²) in [6.07, 6.45) is 1.00. The molecule has 0 saturated carbocycles. The lowest BCUT2D eigenvalue weighted by Crippen LogP contribution is -2.31. The van der Waals surface area contributed by atoms with Gasteiger partial charge in [-0.25, -0.2) is 13.6 Å². The van der Waals surface area contributed by atoms with Gasteiger partial charge < -0.3 is 4.90 Å². The highest BCUT2D eigenvalue weighted by Gasteiger charge is 2.17. The highest BCUT2D eigenvalue weighted by atomic mass is 32.2. The van der Waals surface area contributed by atoms with Gasteiger partial charge in [0.25, 0.3) is 5.91 Å². The number of primary sulfonamides is 1. The van der Waals surface area contributed by atoms with Crippen molar-refractivity contribution in [1.82, 2.24) is 4.90 Å². The fourth-order valence-corrected chi connectivity index (χ4v) is 2.54. The molecule has 0 heterocycles. The largest absolute Gasteiger partial charge is 0.341 e. The Morgan fingerprint density at radius 2 is 2.00 bits per heavy atom. The van der Waals surface area contributed by atoms with Crippen molar-refractivity contribution in [2.45, 2.75) is 32.1 Å². The average Bonchev–Trinajstić information content (AvgIpc) is 2.36. The molecular weight excluding hydrogens is 276 g/mol. The first-order valence-electron chi connectivity index (χ1n) is 6.55. The number of benzene rings is 1. The van der Waals surface area contributed by atoms with Gasteiger partial charge in [0.05, 0.1) is 4.90 Å². The van der Waals surface area contributed by atoms with Gasteiger partial charge in [-0.1, -0.05) is 20.3 Å². The highest BCUT2D eigenvalue weighted by Crippen LogP contribution is 2.16. The summed E-state index contributed by atoms with van der Waals surface area (Å²) in [5.41, 5.74) is 1.11. The monoisotopic (exact) mass is 298 g/mol. The Kier molecular flexibility index (Phi) is 5.30. The van der Waals surface area contributed by atoms with E-state index < -0.39 is 10.0 Å². The summed E-state index contributed by atoms with van der Waals surface area (Å²) in [7, 11) is -1.98. The number of nitrogens with zero attached hydrogens (tertiary/aromatic N) is 1. The third-order valence-electron chi connectivity index (χ3n) is 3.39. The van der Waals surface area contributed by atoms with E-state index in [0.717, 1.165) is 6.42 Å². The number of carbonyl (C=O) groups is 1. The Bertz CT molecular complexity index is 596. The lowest BCUT2D eigenvalue weighted by atomic mass is 10.1. The van der Waals surface area contributed by atoms with Gasteiger partial charge >= 0.3 is 0 Å². The van der Waals surface area contributed by atoms with Gasteiger partial charge in [-0.2, -0.15) is 0 Å². The number of carbonyl (C=O) groups excluding carboxylic acids is 1. The molecule has 1 amide bonds. The van der Waals surface area contributed by atoms with Crippen LogP contribution in [0.25, 0.3) is 0 Å². The van der Waals surface area contributed by atoms with E-state index in [1.165, 1.54) is 18.2 Å². The minimum absolute atomic E-state index is 0.0242. The molecule has 1 aromatic carbocycles. The molecule has 1 rings (SSSR count). The molecule has 20 heavy (non-hydrogen) atoms. The van der Waals surface area contributed by atoms with E-state index in [1.54, 1.807) is 18.9 Å². The van der Waals surface area contributed by atoms with Gasteiger partial charge in [-0.15, -0.1) is 0 Å². The zero-order valence-corrected chi connectivity index (χ0v) is 13.2. The first-order chi connectivity index (χ1) is 9.16. The van der Waals surface area contributed by atoms with Crippen molar-refractivity contribution in [1.29, 1.82) is 0 Å². The van der Waals surface area contributed by atoms with Crippen LogP contribution in [0.1, 0.15) is 36.2 Å². The van der Waals surface area contributed by atoms with Crippen molar-refractivity contribution < 1.29 is 13.2 Å². The van der Waals surface area contributed by atoms with E-state index >= 15 is 0 Å². The topological polar surface area (TPSA) is 80.5 Å². The molecule has 0 fully saturated rings. The second kappa shape index (κ2) is 6.37. The smallest absolute Gasteiger partial charge is 0.253 e. The molecular formula is C14H22N2O3S. The standard InChI is InChI=1S/C14H22N2O3S/c1-5-10(2)9-16(4)14(17)13-7-6-12(8-11(13)3)20(15,18)19/h6-8,10H,5,9H2,1-4H3,(H2,15,18,19). The quantitative estimate of drug-likeness (QED) is 0.899. The Morgan fingerprint density at radius 3 is 2.45 bits per heavy atom. The molecule has 0 spiro atoms. The van der Waals surface area contributed by atoms with Crippen LogP contribution in [0, 0.1) is 12.8 Å². The molecule has 0 aliphatic carbocycles. The number of amides is 1. The average molecular weight is 298 g/mol. The van der Waals surface area contributed by atoms with E-state index in [4.69, 9.17) is 5.14 Å². The van der Waals surface area contributed by atoms with E-state index in [9.17, 15) is 13.2 Å². The first kappa shape index (κ1) is 16.7. The first-order valence-corrected chi connectivity index (χ1v) is 8.10. The van der Waals surface area contributed by atoms with Gasteiger partial charge in [0.1, 0.15) is 0 Å². The number of rotatable bonds is 5. The fraction of sp³-hybridized carbons (Fsp3) is 0.500. The summed E-state index contributed by atoms with van der Waals surface area (Å²) in [6.45, 7) is 6.54. The van der Waals surface area contributed by atoms with E-state index in [1.807, 2.05) is 0 Å². The van der Waals surface area contributed by atoms with Gasteiger partial charge in [0.2, 0.25) is 10.0 Å². The molecule has 1 atom stereocenters. The van der Waals surface area contributed by atoms with Crippen LogP contribution >= 0.6 is 0 Å². The van der Waals surface area contributed by atoms with E-state index in [0.29, 0.717) is 23.6 Å². The van der Waals surface area contributed by atoms with Gasteiger partial charge in [-0.3, -0.25) is 4.79 Å². The maximum atomic E-state index is 12.3. The van der Waals surface area contributed by atoms with Crippen LogP contribution in [0.5, 0.6) is 0 Å². The molecule has 0 saturated heterocycles. The van der Waals surface area contributed by atoms with E-state index in [2.05, 4.69) is 13.8 Å². The van der Waals surface area contributed by atoms with Gasteiger partial charge in [0.15, 0.2) is 0 Å². The van der Waals surface area contributed by atoms with Gasteiger partial charge in [-0.05, 0) is 36.6 Å². The normalized spacial score (nSPS) is 13.1. The molecule has 6 heteroatoms. The summed E-state index contributed by atoms with van der Waals surface area (Å²) in [5.74, 6) is 0.316. The second-order valence-corrected chi connectivity index (χ2v) is 6.78. The third-order valence-corrected chi connectivity index (χ3v) is 4.30. The van der Waals surface area contributed by atoms with Crippen LogP contribution in [0.3, 0.4) is 0 Å². The lowest BCUT2D eigenvalue weighted by Gasteiger charge is -2.21. The number of aryl methyl sites for hydroxylation is 1. The van der Waals surface area contributed by atoms with Crippen molar-refractivity contribution in [3.8, 4) is 0 Å². The third kappa shape index (κ3) is 4.05. The minimum atomic E-state index is -3.74. The molecule has 1 aromatic rings. The number of sulfonamides is 1. The molecule has 112 valence electrons. The van der Waals surface area contributed by atoms with Crippen molar-refractivity contribution in [2.75, 3.05) is 13.6 Å². The molecule has 0 radical (unpaired) electrons. The summed E-state index contributed by atoms with van der Waals surface area (Å²) in [5, 5.41) is 5.07. The molecule has 0 aliphatic heterocycles. The number of hydrogen-bond acceptors (Lipinski definition) is 3. The zero-order chi connectivity index (χ0) is 15.5. The van der Waals surface area contributed by atoms with Gasteiger partial charge in [0, 0.05) is 19.2 Å². The molecule has 2 N–H and O–H groups in total. The Balaban J connectivity index is 3.00. The van der Waals surface area contributed by atoms with Crippen molar-refractivity contribution in [2.24, 2.45) is 11.1 Å². The van der Waals surface area contributed by atoms with Crippen molar-refractivity contribution >= 4 is 15.9 Å². The van der Waals surface area contributed by atoms with Crippen LogP contribution in [-0.2, 0) is 10.0 Å². The Hall–Kier alpha value is -1.40. The Labute approximate surface area is 120 Å². The lowest BCUT2D eigenvalue weighted by molar-refractivity contribution is 0.0774. The molecule has 0 aliphatic rings. The predicted octanol–water partition coefficient (Wildman–Crippen LogP) is 1.76. The summed E-state index contributed by atoms with van der Waals surface area (Å²) >= 11 is 0. The van der Waals surface area contributed by atoms with Crippen molar-refractivity contribution in [3.05, 3.63) is 29.3 Å².